The Bertz CT molecular complexity index is 1530. The summed E-state index contributed by atoms with van der Waals surface area (Å²) in [6.45, 7) is 5.68. The number of aliphatic hydroxyl groups excluding tert-OH is 1. The molecule has 1 aromatic heterocycles. The molecule has 1 amide bonds. The van der Waals surface area contributed by atoms with E-state index < -0.39 is 0 Å². The molecule has 1 spiro atoms. The molecular formula is C30H30ClN5O3. The average molecular weight is 544 g/mol. The molecule has 1 saturated heterocycles. The topological polar surface area (TPSA) is 111 Å². The van der Waals surface area contributed by atoms with Gasteiger partial charge in [0, 0.05) is 30.3 Å². The number of benzene rings is 2. The fourth-order valence-corrected chi connectivity index (χ4v) is 6.57. The van der Waals surface area contributed by atoms with Gasteiger partial charge < -0.3 is 20.1 Å². The predicted octanol–water partition coefficient (Wildman–Crippen LogP) is 5.24. The summed E-state index contributed by atoms with van der Waals surface area (Å²) in [6.07, 6.45) is 4.83. The summed E-state index contributed by atoms with van der Waals surface area (Å²) >= 11 is 6.57. The van der Waals surface area contributed by atoms with Gasteiger partial charge in [-0.2, -0.15) is 5.26 Å². The molecule has 200 valence electrons. The van der Waals surface area contributed by atoms with Crippen LogP contribution in [0.3, 0.4) is 0 Å². The van der Waals surface area contributed by atoms with E-state index in [2.05, 4.69) is 36.3 Å². The molecule has 0 unspecified atom stereocenters. The molecule has 6 rings (SSSR count). The fourth-order valence-electron chi connectivity index (χ4n) is 6.32. The Hall–Kier alpha value is -3.67. The molecule has 2 aliphatic carbocycles. The lowest BCUT2D eigenvalue weighted by Gasteiger charge is -2.57. The van der Waals surface area contributed by atoms with Gasteiger partial charge in [0.15, 0.2) is 0 Å². The van der Waals surface area contributed by atoms with E-state index in [4.69, 9.17) is 21.3 Å². The number of methoxy groups -OCH3 is 1. The minimum atomic E-state index is -0.250. The number of nitrogens with zero attached hydrogens (tertiary/aromatic N) is 4. The van der Waals surface area contributed by atoms with Crippen LogP contribution >= 0.6 is 11.6 Å². The summed E-state index contributed by atoms with van der Waals surface area (Å²) in [5.41, 5.74) is 5.55. The van der Waals surface area contributed by atoms with Crippen LogP contribution in [-0.2, 0) is 11.8 Å². The van der Waals surface area contributed by atoms with Crippen molar-refractivity contribution >= 4 is 29.1 Å². The van der Waals surface area contributed by atoms with Crippen molar-refractivity contribution in [2.75, 3.05) is 25.5 Å². The van der Waals surface area contributed by atoms with Crippen LogP contribution in [-0.4, -0.2) is 52.2 Å². The van der Waals surface area contributed by atoms with Crippen LogP contribution in [0.5, 0.6) is 5.75 Å². The third-order valence-corrected chi connectivity index (χ3v) is 8.81. The number of nitriles is 1. The molecule has 3 aliphatic rings. The van der Waals surface area contributed by atoms with Crippen LogP contribution < -0.4 is 10.1 Å². The van der Waals surface area contributed by atoms with Gasteiger partial charge in [0.1, 0.15) is 5.75 Å². The lowest BCUT2D eigenvalue weighted by molar-refractivity contribution is -0.113. The third-order valence-electron chi connectivity index (χ3n) is 8.49. The van der Waals surface area contributed by atoms with Gasteiger partial charge in [-0.15, -0.1) is 0 Å². The summed E-state index contributed by atoms with van der Waals surface area (Å²) in [7, 11) is 1.53. The van der Waals surface area contributed by atoms with E-state index in [1.807, 2.05) is 12.1 Å². The molecule has 0 atom stereocenters. The number of hydrogen-bond donors (Lipinski definition) is 2. The minimum absolute atomic E-state index is 0.00409. The van der Waals surface area contributed by atoms with Crippen LogP contribution in [0.2, 0.25) is 5.02 Å². The first-order chi connectivity index (χ1) is 18.6. The van der Waals surface area contributed by atoms with Gasteiger partial charge in [0.05, 0.1) is 46.8 Å². The Kier molecular flexibility index (Phi) is 6.05. The number of anilines is 2. The van der Waals surface area contributed by atoms with E-state index in [1.54, 1.807) is 23.2 Å². The molecule has 2 heterocycles. The van der Waals surface area contributed by atoms with Crippen molar-refractivity contribution in [3.63, 3.8) is 0 Å². The summed E-state index contributed by atoms with van der Waals surface area (Å²) in [5, 5.41) is 22.9. The van der Waals surface area contributed by atoms with E-state index in [9.17, 15) is 15.2 Å². The van der Waals surface area contributed by atoms with Crippen molar-refractivity contribution < 1.29 is 14.6 Å². The second kappa shape index (κ2) is 9.22. The fraction of sp³-hybridized carbons (Fsp3) is 0.400. The number of halogens is 1. The second-order valence-electron chi connectivity index (χ2n) is 11.7. The van der Waals surface area contributed by atoms with E-state index in [-0.39, 0.29) is 22.8 Å². The summed E-state index contributed by atoms with van der Waals surface area (Å²) in [5.74, 6) is 0.632. The lowest BCUT2D eigenvalue weighted by Crippen LogP contribution is -2.65. The molecule has 1 aliphatic heterocycles. The van der Waals surface area contributed by atoms with Crippen LogP contribution in [0.25, 0.3) is 11.3 Å². The van der Waals surface area contributed by atoms with Crippen LogP contribution in [0.15, 0.2) is 36.5 Å². The number of amides is 1. The number of carbonyl (C=O) groups excluding carboxylic acids is 1. The maximum absolute atomic E-state index is 13.1. The first-order valence-corrected chi connectivity index (χ1v) is 13.5. The zero-order valence-corrected chi connectivity index (χ0v) is 23.0. The van der Waals surface area contributed by atoms with Gasteiger partial charge in [-0.1, -0.05) is 25.4 Å². The molecule has 1 saturated carbocycles. The highest BCUT2D eigenvalue weighted by Crippen LogP contribution is 2.49. The van der Waals surface area contributed by atoms with E-state index >= 15 is 0 Å². The minimum Gasteiger partial charge on any atom is -0.495 e. The van der Waals surface area contributed by atoms with Gasteiger partial charge in [0.25, 0.3) is 5.91 Å². The molecule has 8 nitrogen and oxygen atoms in total. The summed E-state index contributed by atoms with van der Waals surface area (Å²) in [6, 6.07) is 11.5. The highest BCUT2D eigenvalue weighted by atomic mass is 35.5. The van der Waals surface area contributed by atoms with Gasteiger partial charge in [0.2, 0.25) is 5.95 Å². The molecular weight excluding hydrogens is 514 g/mol. The Morgan fingerprint density at radius 1 is 1.26 bits per heavy atom. The monoisotopic (exact) mass is 543 g/mol. The highest BCUT2D eigenvalue weighted by Gasteiger charge is 2.53. The quantitative estimate of drug-likeness (QED) is 0.452. The van der Waals surface area contributed by atoms with Crippen LogP contribution in [0.4, 0.5) is 11.6 Å². The van der Waals surface area contributed by atoms with Gasteiger partial charge in [-0.3, -0.25) is 4.79 Å². The Morgan fingerprint density at radius 3 is 2.72 bits per heavy atom. The van der Waals surface area contributed by atoms with Gasteiger partial charge >= 0.3 is 0 Å². The third kappa shape index (κ3) is 4.40. The number of likely N-dealkylation sites (tertiary alicyclic amines) is 1. The zero-order valence-electron chi connectivity index (χ0n) is 22.2. The molecule has 2 fully saturated rings. The normalized spacial score (nSPS) is 18.6. The van der Waals surface area contributed by atoms with Crippen LogP contribution in [0, 0.1) is 16.7 Å². The highest BCUT2D eigenvalue weighted by molar-refractivity contribution is 6.34. The van der Waals surface area contributed by atoms with Crippen molar-refractivity contribution in [3.05, 3.63) is 63.8 Å². The van der Waals surface area contributed by atoms with E-state index in [1.165, 1.54) is 12.7 Å². The van der Waals surface area contributed by atoms with Crippen molar-refractivity contribution in [1.29, 1.82) is 5.26 Å². The Balaban J connectivity index is 1.25. The maximum atomic E-state index is 13.1. The van der Waals surface area contributed by atoms with E-state index in [0.29, 0.717) is 52.3 Å². The number of carbonyl (C=O) groups is 1. The van der Waals surface area contributed by atoms with E-state index in [0.717, 1.165) is 36.8 Å². The standard InChI is InChI=1S/C30H30ClN5O3/c1-29(2)6-4-20-18(14-32)8-17(9-22(20)29)24-5-7-33-28(34-24)35-25-11-23(31)21(10-26(25)39-3)27(38)36-15-30(16-36)12-19(37)13-30/h5,7-11,19,37H,4,6,12-13,15-16H2,1-3H3,(H,33,34,35). The number of hydrogen-bond acceptors (Lipinski definition) is 7. The summed E-state index contributed by atoms with van der Waals surface area (Å²) in [4.78, 5) is 24.0. The Labute approximate surface area is 232 Å². The number of fused-ring (bicyclic) bond motifs is 1. The smallest absolute Gasteiger partial charge is 0.255 e. The first-order valence-electron chi connectivity index (χ1n) is 13.1. The molecule has 3 aromatic rings. The number of nitrogens with one attached hydrogen (secondary N) is 1. The molecule has 2 aromatic carbocycles. The van der Waals surface area contributed by atoms with Crippen molar-refractivity contribution in [3.8, 4) is 23.1 Å². The SMILES string of the molecule is COc1cc(C(=O)N2CC3(CC(O)C3)C2)c(Cl)cc1Nc1nccc(-c2cc(C#N)c3c(c2)C(C)(C)CC3)n1. The number of ether oxygens (including phenoxy) is 1. The number of aromatic nitrogens is 2. The zero-order chi connectivity index (χ0) is 27.5. The molecule has 0 bridgehead atoms. The van der Waals surface area contributed by atoms with Gasteiger partial charge in [-0.25, -0.2) is 9.97 Å². The average Bonchev–Trinajstić information content (AvgIpc) is 3.19. The van der Waals surface area contributed by atoms with Crippen molar-refractivity contribution in [1.82, 2.24) is 14.9 Å². The predicted molar refractivity (Wildman–Crippen MR) is 148 cm³/mol. The number of aliphatic hydroxyl groups is 1. The molecule has 2 N–H and O–H groups in total. The molecule has 9 heteroatoms. The molecule has 0 radical (unpaired) electrons. The lowest BCUT2D eigenvalue weighted by atomic mass is 9.62. The maximum Gasteiger partial charge on any atom is 0.255 e. The van der Waals surface area contributed by atoms with Crippen LogP contribution in [0.1, 0.15) is 60.2 Å². The summed E-state index contributed by atoms with van der Waals surface area (Å²) < 4.78 is 5.58. The number of rotatable bonds is 5. The molecule has 39 heavy (non-hydrogen) atoms. The van der Waals surface area contributed by atoms with Crippen molar-refractivity contribution in [2.24, 2.45) is 5.41 Å². The van der Waals surface area contributed by atoms with Gasteiger partial charge in [-0.05, 0) is 72.6 Å². The largest absolute Gasteiger partial charge is 0.495 e. The first kappa shape index (κ1) is 25.6. The Morgan fingerprint density at radius 2 is 2.03 bits per heavy atom. The van der Waals surface area contributed by atoms with Crippen molar-refractivity contribution in [2.45, 2.75) is 51.0 Å². The second-order valence-corrected chi connectivity index (χ2v) is 12.1.